The Labute approximate surface area is 182 Å². The molecule has 2 rings (SSSR count). The van der Waals surface area contributed by atoms with Crippen molar-refractivity contribution >= 4 is 0 Å². The van der Waals surface area contributed by atoms with E-state index in [2.05, 4.69) is 69.4 Å². The molecule has 0 aliphatic carbocycles. The van der Waals surface area contributed by atoms with Crippen LogP contribution in [0.5, 0.6) is 17.2 Å². The van der Waals surface area contributed by atoms with E-state index in [0.717, 1.165) is 36.3 Å². The predicted molar refractivity (Wildman–Crippen MR) is 124 cm³/mol. The Morgan fingerprint density at radius 2 is 1.50 bits per heavy atom. The highest BCUT2D eigenvalue weighted by Gasteiger charge is 2.14. The van der Waals surface area contributed by atoms with Crippen molar-refractivity contribution in [3.63, 3.8) is 0 Å². The van der Waals surface area contributed by atoms with Gasteiger partial charge in [-0.2, -0.15) is 0 Å². The van der Waals surface area contributed by atoms with Gasteiger partial charge in [0, 0.05) is 12.0 Å². The average Bonchev–Trinajstić information content (AvgIpc) is 2.73. The number of benzene rings is 2. The molecule has 0 aromatic heterocycles. The first kappa shape index (κ1) is 24.1. The van der Waals surface area contributed by atoms with Gasteiger partial charge >= 0.3 is 0 Å². The van der Waals surface area contributed by atoms with Gasteiger partial charge in [-0.25, -0.2) is 0 Å². The maximum Gasteiger partial charge on any atom is 0.161 e. The van der Waals surface area contributed by atoms with Crippen molar-refractivity contribution in [2.45, 2.75) is 65.5 Å². The van der Waals surface area contributed by atoms with Gasteiger partial charge in [-0.15, -0.1) is 0 Å². The molecule has 4 nitrogen and oxygen atoms in total. The summed E-state index contributed by atoms with van der Waals surface area (Å²) in [5.41, 5.74) is 2.67. The Morgan fingerprint density at radius 3 is 2.10 bits per heavy atom. The zero-order valence-corrected chi connectivity index (χ0v) is 19.6. The van der Waals surface area contributed by atoms with Crippen LogP contribution in [-0.2, 0) is 6.54 Å². The van der Waals surface area contributed by atoms with Crippen molar-refractivity contribution in [3.8, 4) is 17.2 Å². The number of quaternary nitrogens is 1. The lowest BCUT2D eigenvalue weighted by atomic mass is 9.88. The van der Waals surface area contributed by atoms with Crippen molar-refractivity contribution < 1.29 is 19.5 Å². The molecule has 2 aromatic rings. The van der Waals surface area contributed by atoms with Crippen LogP contribution in [0.25, 0.3) is 0 Å². The average molecular weight is 415 g/mol. The molecule has 166 valence electrons. The fourth-order valence-corrected chi connectivity index (χ4v) is 3.70. The number of ether oxygens (including phenoxy) is 3. The number of methoxy groups -OCH3 is 2. The fraction of sp³-hybridized carbons (Fsp3) is 0.538. The highest BCUT2D eigenvalue weighted by atomic mass is 16.5. The molecule has 30 heavy (non-hydrogen) atoms. The Hall–Kier alpha value is -2.20. The topological polar surface area (TPSA) is 44.3 Å². The van der Waals surface area contributed by atoms with Crippen molar-refractivity contribution in [2.75, 3.05) is 20.8 Å². The summed E-state index contributed by atoms with van der Waals surface area (Å²) < 4.78 is 16.6. The maximum absolute atomic E-state index is 5.80. The molecule has 2 aromatic carbocycles. The molecule has 0 aliphatic rings. The Balaban J connectivity index is 1.93. The van der Waals surface area contributed by atoms with Gasteiger partial charge in [-0.1, -0.05) is 32.4 Å². The van der Waals surface area contributed by atoms with Gasteiger partial charge in [0.1, 0.15) is 12.3 Å². The number of hydrogen-bond acceptors (Lipinski definition) is 3. The standard InChI is InChI=1S/C26H39NO3/c1-19(2)7-9-23(22-10-12-24(13-11-22)30-20(3)4)15-16-27-18-21-8-14-25(28-5)26(17-21)29-6/h8,10-14,17,19-20,23,27H,7,9,15-16,18H2,1-6H3/p+1/t23-/m1/s1. The first-order chi connectivity index (χ1) is 14.4. The van der Waals surface area contributed by atoms with E-state index in [0.29, 0.717) is 5.92 Å². The monoisotopic (exact) mass is 414 g/mol. The maximum atomic E-state index is 5.80. The Bertz CT molecular complexity index is 740. The van der Waals surface area contributed by atoms with Gasteiger partial charge in [0.15, 0.2) is 11.5 Å². The Kier molecular flexibility index (Phi) is 10.0. The minimum absolute atomic E-state index is 0.207. The van der Waals surface area contributed by atoms with E-state index in [-0.39, 0.29) is 6.10 Å². The Morgan fingerprint density at radius 1 is 0.800 bits per heavy atom. The van der Waals surface area contributed by atoms with Crippen molar-refractivity contribution in [2.24, 2.45) is 5.92 Å². The van der Waals surface area contributed by atoms with Gasteiger partial charge in [-0.3, -0.25) is 0 Å². The molecule has 0 bridgehead atoms. The van der Waals surface area contributed by atoms with Crippen molar-refractivity contribution in [3.05, 3.63) is 53.6 Å². The van der Waals surface area contributed by atoms with Crippen LogP contribution in [0.1, 0.15) is 64.0 Å². The fourth-order valence-electron chi connectivity index (χ4n) is 3.70. The summed E-state index contributed by atoms with van der Waals surface area (Å²) in [7, 11) is 3.35. The van der Waals surface area contributed by atoms with Crippen LogP contribution in [0.4, 0.5) is 0 Å². The van der Waals surface area contributed by atoms with Crippen molar-refractivity contribution in [1.82, 2.24) is 0 Å². The van der Waals surface area contributed by atoms with Gasteiger partial charge in [0.25, 0.3) is 0 Å². The molecule has 1 atom stereocenters. The second-order valence-electron chi connectivity index (χ2n) is 8.66. The molecule has 0 fully saturated rings. The van der Waals surface area contributed by atoms with Crippen LogP contribution in [0.3, 0.4) is 0 Å². The molecule has 0 radical (unpaired) electrons. The third-order valence-corrected chi connectivity index (χ3v) is 5.36. The summed E-state index contributed by atoms with van der Waals surface area (Å²) in [6.45, 7) is 10.8. The van der Waals surface area contributed by atoms with Gasteiger partial charge in [-0.05, 0) is 68.0 Å². The third-order valence-electron chi connectivity index (χ3n) is 5.36. The molecule has 0 heterocycles. The van der Waals surface area contributed by atoms with Crippen LogP contribution in [0.15, 0.2) is 42.5 Å². The summed E-state index contributed by atoms with van der Waals surface area (Å²) in [6, 6.07) is 14.9. The lowest BCUT2D eigenvalue weighted by molar-refractivity contribution is -0.671. The molecular formula is C26H40NO3+. The van der Waals surface area contributed by atoms with Gasteiger partial charge < -0.3 is 19.5 Å². The zero-order chi connectivity index (χ0) is 21.9. The number of nitrogens with two attached hydrogens (primary N) is 1. The van der Waals surface area contributed by atoms with E-state index in [4.69, 9.17) is 14.2 Å². The number of rotatable bonds is 13. The smallest absolute Gasteiger partial charge is 0.161 e. The van der Waals surface area contributed by atoms with Crippen molar-refractivity contribution in [1.29, 1.82) is 0 Å². The molecule has 0 saturated carbocycles. The first-order valence-electron chi connectivity index (χ1n) is 11.2. The third kappa shape index (κ3) is 7.91. The second kappa shape index (κ2) is 12.5. The largest absolute Gasteiger partial charge is 0.493 e. The normalized spacial score (nSPS) is 12.3. The summed E-state index contributed by atoms with van der Waals surface area (Å²) in [5.74, 6) is 3.84. The quantitative estimate of drug-likeness (QED) is 0.460. The van der Waals surface area contributed by atoms with Crippen LogP contribution in [0.2, 0.25) is 0 Å². The van der Waals surface area contributed by atoms with E-state index in [1.807, 2.05) is 6.07 Å². The molecule has 4 heteroatoms. The SMILES string of the molecule is COc1ccc(C[NH2+]CC[C@@H](CCC(C)C)c2ccc(OC(C)C)cc2)cc1OC. The van der Waals surface area contributed by atoms with E-state index in [9.17, 15) is 0 Å². The highest BCUT2D eigenvalue weighted by Crippen LogP contribution is 2.29. The van der Waals surface area contributed by atoms with Crippen LogP contribution < -0.4 is 19.5 Å². The van der Waals surface area contributed by atoms with E-state index < -0.39 is 0 Å². The van der Waals surface area contributed by atoms with E-state index in [1.165, 1.54) is 30.4 Å². The number of hydrogen-bond donors (Lipinski definition) is 1. The van der Waals surface area contributed by atoms with Gasteiger partial charge in [0.05, 0.1) is 26.9 Å². The molecule has 0 spiro atoms. The molecule has 0 unspecified atom stereocenters. The molecule has 2 N–H and O–H groups in total. The minimum Gasteiger partial charge on any atom is -0.493 e. The summed E-state index contributed by atoms with van der Waals surface area (Å²) in [6.07, 6.45) is 3.86. The summed E-state index contributed by atoms with van der Waals surface area (Å²) in [4.78, 5) is 0. The predicted octanol–water partition coefficient (Wildman–Crippen LogP) is 5.16. The van der Waals surface area contributed by atoms with E-state index in [1.54, 1.807) is 14.2 Å². The van der Waals surface area contributed by atoms with Crippen LogP contribution in [0, 0.1) is 5.92 Å². The molecular weight excluding hydrogens is 374 g/mol. The second-order valence-corrected chi connectivity index (χ2v) is 8.66. The molecule has 0 amide bonds. The highest BCUT2D eigenvalue weighted by molar-refractivity contribution is 5.42. The summed E-state index contributed by atoms with van der Waals surface area (Å²) in [5, 5.41) is 2.39. The molecule has 0 aliphatic heterocycles. The lowest BCUT2D eigenvalue weighted by Gasteiger charge is -2.19. The van der Waals surface area contributed by atoms with Gasteiger partial charge in [0.2, 0.25) is 0 Å². The van der Waals surface area contributed by atoms with Crippen LogP contribution >= 0.6 is 0 Å². The first-order valence-corrected chi connectivity index (χ1v) is 11.2. The zero-order valence-electron chi connectivity index (χ0n) is 19.6. The van der Waals surface area contributed by atoms with Crippen LogP contribution in [-0.4, -0.2) is 26.9 Å². The lowest BCUT2D eigenvalue weighted by Crippen LogP contribution is -2.82. The minimum atomic E-state index is 0.207. The van der Waals surface area contributed by atoms with E-state index >= 15 is 0 Å². The summed E-state index contributed by atoms with van der Waals surface area (Å²) >= 11 is 0. The molecule has 0 saturated heterocycles.